The van der Waals surface area contributed by atoms with Gasteiger partial charge in [-0.25, -0.2) is 4.68 Å². The number of ether oxygens (including phenoxy) is 1. The highest BCUT2D eigenvalue weighted by atomic mass is 79.9. The van der Waals surface area contributed by atoms with Gasteiger partial charge in [0.1, 0.15) is 0 Å². The van der Waals surface area contributed by atoms with Crippen LogP contribution in [0.4, 0.5) is 5.95 Å². The molecule has 0 aromatic carbocycles. The summed E-state index contributed by atoms with van der Waals surface area (Å²) in [7, 11) is 0. The molecule has 1 atom stereocenters. The van der Waals surface area contributed by atoms with E-state index in [-0.39, 0.29) is 6.23 Å². The van der Waals surface area contributed by atoms with E-state index in [9.17, 15) is 0 Å². The van der Waals surface area contributed by atoms with Crippen molar-refractivity contribution in [1.29, 1.82) is 0 Å². The zero-order valence-corrected chi connectivity index (χ0v) is 12.3. The van der Waals surface area contributed by atoms with Gasteiger partial charge in [-0.3, -0.25) is 0 Å². The standard InChI is InChI=1S/C13H17BrN4O/c14-12-16-13(15-10-6-2-1-3-7-10)18(17-12)11-8-4-5-9-19-11/h2,6-7,11H,1,3-5,8-9H2,(H,15,16,17). The summed E-state index contributed by atoms with van der Waals surface area (Å²) in [5, 5.41) is 7.70. The van der Waals surface area contributed by atoms with Crippen LogP contribution >= 0.6 is 15.9 Å². The molecule has 2 heterocycles. The van der Waals surface area contributed by atoms with Crippen LogP contribution in [-0.2, 0) is 4.74 Å². The summed E-state index contributed by atoms with van der Waals surface area (Å²) in [6, 6.07) is 0. The molecule has 0 bridgehead atoms. The van der Waals surface area contributed by atoms with Gasteiger partial charge < -0.3 is 10.1 Å². The molecule has 1 unspecified atom stereocenters. The zero-order chi connectivity index (χ0) is 13.1. The van der Waals surface area contributed by atoms with Crippen molar-refractivity contribution < 1.29 is 4.74 Å². The minimum Gasteiger partial charge on any atom is -0.356 e. The first kappa shape index (κ1) is 12.9. The Kier molecular flexibility index (Phi) is 3.98. The highest BCUT2D eigenvalue weighted by Gasteiger charge is 2.21. The number of nitrogens with one attached hydrogen (secondary N) is 1. The topological polar surface area (TPSA) is 52.0 Å². The van der Waals surface area contributed by atoms with Crippen molar-refractivity contribution >= 4 is 21.9 Å². The summed E-state index contributed by atoms with van der Waals surface area (Å²) in [4.78, 5) is 4.38. The van der Waals surface area contributed by atoms with Crippen LogP contribution in [0.1, 0.15) is 38.3 Å². The Balaban J connectivity index is 1.80. The van der Waals surface area contributed by atoms with E-state index in [1.807, 2.05) is 4.68 Å². The predicted molar refractivity (Wildman–Crippen MR) is 76.6 cm³/mol. The monoisotopic (exact) mass is 324 g/mol. The van der Waals surface area contributed by atoms with Crippen LogP contribution in [0.2, 0.25) is 0 Å². The molecule has 1 aromatic heterocycles. The lowest BCUT2D eigenvalue weighted by atomic mass is 10.1. The third-order valence-corrected chi connectivity index (χ3v) is 3.62. The van der Waals surface area contributed by atoms with E-state index in [4.69, 9.17) is 4.74 Å². The molecule has 0 spiro atoms. The molecule has 19 heavy (non-hydrogen) atoms. The van der Waals surface area contributed by atoms with Crippen molar-refractivity contribution in [3.63, 3.8) is 0 Å². The van der Waals surface area contributed by atoms with Gasteiger partial charge in [-0.2, -0.15) is 4.98 Å². The smallest absolute Gasteiger partial charge is 0.229 e. The van der Waals surface area contributed by atoms with Crippen LogP contribution in [0.5, 0.6) is 0 Å². The molecule has 1 aliphatic carbocycles. The maximum atomic E-state index is 5.77. The molecule has 2 aliphatic rings. The third kappa shape index (κ3) is 3.06. The number of hydrogen-bond acceptors (Lipinski definition) is 4. The Morgan fingerprint density at radius 3 is 3.05 bits per heavy atom. The van der Waals surface area contributed by atoms with E-state index in [2.05, 4.69) is 49.6 Å². The number of aromatic nitrogens is 3. The van der Waals surface area contributed by atoms with Gasteiger partial charge in [0.05, 0.1) is 0 Å². The maximum absolute atomic E-state index is 5.77. The molecule has 1 aromatic rings. The van der Waals surface area contributed by atoms with E-state index >= 15 is 0 Å². The van der Waals surface area contributed by atoms with Crippen LogP contribution in [0.15, 0.2) is 28.7 Å². The van der Waals surface area contributed by atoms with Gasteiger partial charge in [0.15, 0.2) is 6.23 Å². The molecule has 102 valence electrons. The summed E-state index contributed by atoms with van der Waals surface area (Å²) in [5.41, 5.74) is 1.07. The number of nitrogens with zero attached hydrogens (tertiary/aromatic N) is 3. The number of hydrogen-bond donors (Lipinski definition) is 1. The number of halogens is 1. The van der Waals surface area contributed by atoms with Crippen molar-refractivity contribution in [1.82, 2.24) is 14.8 Å². The molecule has 1 aliphatic heterocycles. The maximum Gasteiger partial charge on any atom is 0.229 e. The minimum atomic E-state index is -0.0109. The van der Waals surface area contributed by atoms with Crippen molar-refractivity contribution in [2.45, 2.75) is 38.3 Å². The van der Waals surface area contributed by atoms with Crippen molar-refractivity contribution in [2.24, 2.45) is 0 Å². The Labute approximate surface area is 120 Å². The van der Waals surface area contributed by atoms with Gasteiger partial charge in [0.25, 0.3) is 0 Å². The lowest BCUT2D eigenvalue weighted by molar-refractivity contribution is -0.0383. The van der Waals surface area contributed by atoms with Crippen LogP contribution in [0, 0.1) is 0 Å². The number of anilines is 1. The third-order valence-electron chi connectivity index (χ3n) is 3.28. The fourth-order valence-electron chi connectivity index (χ4n) is 2.34. The molecular weight excluding hydrogens is 308 g/mol. The molecule has 1 saturated heterocycles. The largest absolute Gasteiger partial charge is 0.356 e. The highest BCUT2D eigenvalue weighted by molar-refractivity contribution is 9.10. The van der Waals surface area contributed by atoms with Gasteiger partial charge >= 0.3 is 0 Å². The summed E-state index contributed by atoms with van der Waals surface area (Å²) in [6.07, 6.45) is 11.9. The summed E-state index contributed by atoms with van der Waals surface area (Å²) in [6.45, 7) is 0.796. The first-order chi connectivity index (χ1) is 9.33. The fourth-order valence-corrected chi connectivity index (χ4v) is 2.67. The molecule has 0 amide bonds. The molecule has 5 nitrogen and oxygen atoms in total. The van der Waals surface area contributed by atoms with Gasteiger partial charge in [0.2, 0.25) is 10.7 Å². The predicted octanol–water partition coefficient (Wildman–Crippen LogP) is 3.39. The van der Waals surface area contributed by atoms with E-state index in [1.165, 1.54) is 6.42 Å². The van der Waals surface area contributed by atoms with Gasteiger partial charge in [-0.05, 0) is 54.1 Å². The molecule has 0 saturated carbocycles. The van der Waals surface area contributed by atoms with E-state index in [0.717, 1.165) is 43.9 Å². The molecule has 0 radical (unpaired) electrons. The molecule has 1 fully saturated rings. The second-order valence-electron chi connectivity index (χ2n) is 4.73. The Morgan fingerprint density at radius 2 is 2.32 bits per heavy atom. The van der Waals surface area contributed by atoms with E-state index in [0.29, 0.717) is 4.73 Å². The average molecular weight is 325 g/mol. The normalized spacial score (nSPS) is 23.2. The summed E-state index contributed by atoms with van der Waals surface area (Å²) < 4.78 is 8.20. The lowest BCUT2D eigenvalue weighted by Gasteiger charge is -2.24. The van der Waals surface area contributed by atoms with Crippen molar-refractivity contribution in [2.75, 3.05) is 11.9 Å². The highest BCUT2D eigenvalue weighted by Crippen LogP contribution is 2.26. The first-order valence-electron chi connectivity index (χ1n) is 6.70. The molecule has 3 rings (SSSR count). The summed E-state index contributed by atoms with van der Waals surface area (Å²) in [5.74, 6) is 0.733. The van der Waals surface area contributed by atoms with Crippen LogP contribution in [-0.4, -0.2) is 21.4 Å². The van der Waals surface area contributed by atoms with Crippen LogP contribution < -0.4 is 5.32 Å². The Morgan fingerprint density at radius 1 is 1.37 bits per heavy atom. The van der Waals surface area contributed by atoms with Crippen molar-refractivity contribution in [3.05, 3.63) is 28.7 Å². The van der Waals surface area contributed by atoms with E-state index < -0.39 is 0 Å². The SMILES string of the molecule is Brc1nc(NC2=CCCC=C2)n(C2CCCCO2)n1. The average Bonchev–Trinajstić information content (AvgIpc) is 2.82. The quantitative estimate of drug-likeness (QED) is 0.926. The molecule has 1 N–H and O–H groups in total. The molecular formula is C13H17BrN4O. The Hall–Kier alpha value is -1.14. The number of rotatable bonds is 3. The number of allylic oxidation sites excluding steroid dienone is 3. The van der Waals surface area contributed by atoms with Crippen molar-refractivity contribution in [3.8, 4) is 0 Å². The fraction of sp³-hybridized carbons (Fsp3) is 0.538. The zero-order valence-electron chi connectivity index (χ0n) is 10.7. The van der Waals surface area contributed by atoms with Gasteiger partial charge in [-0.1, -0.05) is 12.2 Å². The van der Waals surface area contributed by atoms with Crippen LogP contribution in [0.25, 0.3) is 0 Å². The first-order valence-corrected chi connectivity index (χ1v) is 7.49. The second-order valence-corrected chi connectivity index (χ2v) is 5.44. The van der Waals surface area contributed by atoms with Crippen LogP contribution in [0.3, 0.4) is 0 Å². The second kappa shape index (κ2) is 5.88. The van der Waals surface area contributed by atoms with E-state index in [1.54, 1.807) is 0 Å². The minimum absolute atomic E-state index is 0.0109. The van der Waals surface area contributed by atoms with Gasteiger partial charge in [-0.15, -0.1) is 5.10 Å². The van der Waals surface area contributed by atoms with Gasteiger partial charge in [0, 0.05) is 12.3 Å². The summed E-state index contributed by atoms with van der Waals surface area (Å²) >= 11 is 3.34. The lowest BCUT2D eigenvalue weighted by Crippen LogP contribution is -2.21. The Bertz CT molecular complexity index is 503. The molecule has 6 heteroatoms.